The molecule has 1 unspecified atom stereocenters. The van der Waals surface area contributed by atoms with Crippen molar-refractivity contribution < 1.29 is 19.0 Å². The van der Waals surface area contributed by atoms with E-state index in [-0.39, 0.29) is 30.9 Å². The van der Waals surface area contributed by atoms with Gasteiger partial charge in [0.2, 0.25) is 11.8 Å². The number of ether oxygens (including phenoxy) is 1. The van der Waals surface area contributed by atoms with Crippen LogP contribution in [0.15, 0.2) is 36.7 Å². The molecule has 1 aromatic carbocycles. The SMILES string of the molecule is Cc1c(-c2cc3cc(Nc4cc5n(n4)CC(=O)N(C(C)C)CC5O)ncc3cc2F)cnc2c1NCCO2. The molecule has 10 nitrogen and oxygen atoms in total. The highest BCUT2D eigenvalue weighted by Crippen LogP contribution is 2.37. The Kier molecular flexibility index (Phi) is 5.87. The van der Waals surface area contributed by atoms with Gasteiger partial charge in [0, 0.05) is 47.6 Å². The zero-order chi connectivity index (χ0) is 26.6. The maximum Gasteiger partial charge on any atom is 0.244 e. The van der Waals surface area contributed by atoms with Gasteiger partial charge in [0.1, 0.15) is 36.6 Å². The van der Waals surface area contributed by atoms with E-state index in [1.165, 1.54) is 10.7 Å². The predicted molar refractivity (Wildman–Crippen MR) is 141 cm³/mol. The molecule has 2 aliphatic rings. The lowest BCUT2D eigenvalue weighted by Gasteiger charge is -2.26. The van der Waals surface area contributed by atoms with Crippen molar-refractivity contribution in [2.75, 3.05) is 30.3 Å². The van der Waals surface area contributed by atoms with Crippen LogP contribution < -0.4 is 15.4 Å². The van der Waals surface area contributed by atoms with Gasteiger partial charge < -0.3 is 25.4 Å². The van der Waals surface area contributed by atoms with Crippen LogP contribution in [-0.2, 0) is 11.3 Å². The third kappa shape index (κ3) is 4.18. The van der Waals surface area contributed by atoms with Crippen LogP contribution in [0.2, 0.25) is 0 Å². The first-order valence-electron chi connectivity index (χ1n) is 12.6. The van der Waals surface area contributed by atoms with Gasteiger partial charge in [-0.05, 0) is 49.9 Å². The summed E-state index contributed by atoms with van der Waals surface area (Å²) in [5.41, 5.74) is 3.31. The molecular formula is C27H28FN7O3. The second kappa shape index (κ2) is 9.25. The highest BCUT2D eigenvalue weighted by Gasteiger charge is 2.29. The summed E-state index contributed by atoms with van der Waals surface area (Å²) < 4.78 is 22.3. The smallest absolute Gasteiger partial charge is 0.244 e. The van der Waals surface area contributed by atoms with Crippen molar-refractivity contribution in [1.29, 1.82) is 0 Å². The molecule has 1 amide bonds. The van der Waals surface area contributed by atoms with E-state index in [0.717, 1.165) is 16.6 Å². The molecule has 3 N–H and O–H groups in total. The van der Waals surface area contributed by atoms with Crippen LogP contribution in [0.1, 0.15) is 31.2 Å². The molecule has 3 aromatic heterocycles. The number of aliphatic hydroxyl groups is 1. The van der Waals surface area contributed by atoms with Crippen LogP contribution in [0.4, 0.5) is 21.7 Å². The number of pyridine rings is 2. The molecule has 0 aliphatic carbocycles. The fraction of sp³-hybridized carbons (Fsp3) is 0.333. The number of carbonyl (C=O) groups excluding carboxylic acids is 1. The largest absolute Gasteiger partial charge is 0.474 e. The standard InChI is InChI=1S/C27H28FN7O3/c1-14(2)34-12-22(36)21-9-24(33-35(21)13-25(34)37)32-23-8-16-6-18(20(28)7-17(16)10-30-23)19-11-31-27-26(15(19)3)29-4-5-38-27/h6-11,14,22,29,36H,4-5,12-13H2,1-3H3,(H,30,32,33). The number of aliphatic hydroxyl groups excluding tert-OH is 1. The number of benzene rings is 1. The molecular weight excluding hydrogens is 489 g/mol. The average molecular weight is 518 g/mol. The maximum absolute atomic E-state index is 15.2. The number of carbonyl (C=O) groups is 1. The minimum Gasteiger partial charge on any atom is -0.474 e. The molecule has 11 heteroatoms. The number of anilines is 3. The molecule has 1 atom stereocenters. The quantitative estimate of drug-likeness (QED) is 0.375. The summed E-state index contributed by atoms with van der Waals surface area (Å²) >= 11 is 0. The van der Waals surface area contributed by atoms with E-state index < -0.39 is 6.10 Å². The van der Waals surface area contributed by atoms with E-state index in [9.17, 15) is 9.90 Å². The van der Waals surface area contributed by atoms with Crippen molar-refractivity contribution in [2.24, 2.45) is 0 Å². The lowest BCUT2D eigenvalue weighted by Crippen LogP contribution is -2.39. The Labute approximate surface area is 218 Å². The Morgan fingerprint density at radius 1 is 1.13 bits per heavy atom. The maximum atomic E-state index is 15.2. The molecule has 2 aliphatic heterocycles. The molecule has 5 heterocycles. The molecule has 4 aromatic rings. The second-order valence-electron chi connectivity index (χ2n) is 9.89. The number of hydrogen-bond acceptors (Lipinski definition) is 8. The van der Waals surface area contributed by atoms with Gasteiger partial charge in [0.05, 0.1) is 12.2 Å². The Hall–Kier alpha value is -4.25. The number of nitrogens with one attached hydrogen (secondary N) is 2. The molecule has 0 fully saturated rings. The number of halogens is 1. The zero-order valence-corrected chi connectivity index (χ0v) is 21.3. The van der Waals surface area contributed by atoms with Gasteiger partial charge in [0.15, 0.2) is 5.82 Å². The number of rotatable bonds is 4. The second-order valence-corrected chi connectivity index (χ2v) is 9.89. The van der Waals surface area contributed by atoms with Gasteiger partial charge in [-0.1, -0.05) is 0 Å². The van der Waals surface area contributed by atoms with Gasteiger partial charge in [-0.2, -0.15) is 5.10 Å². The lowest BCUT2D eigenvalue weighted by molar-refractivity contribution is -0.134. The first-order valence-corrected chi connectivity index (χ1v) is 12.6. The first kappa shape index (κ1) is 24.1. The zero-order valence-electron chi connectivity index (χ0n) is 21.3. The van der Waals surface area contributed by atoms with E-state index in [1.54, 1.807) is 29.4 Å². The summed E-state index contributed by atoms with van der Waals surface area (Å²) in [6.45, 7) is 7.22. The van der Waals surface area contributed by atoms with E-state index >= 15 is 4.39 Å². The van der Waals surface area contributed by atoms with Crippen LogP contribution in [0, 0.1) is 12.7 Å². The van der Waals surface area contributed by atoms with E-state index in [1.807, 2.05) is 26.8 Å². The Bertz CT molecular complexity index is 1570. The Morgan fingerprint density at radius 2 is 1.97 bits per heavy atom. The van der Waals surface area contributed by atoms with Gasteiger partial charge in [-0.15, -0.1) is 0 Å². The molecule has 0 spiro atoms. The predicted octanol–water partition coefficient (Wildman–Crippen LogP) is 3.77. The number of fused-ring (bicyclic) bond motifs is 3. The average Bonchev–Trinajstić information content (AvgIpc) is 3.24. The molecule has 0 saturated carbocycles. The number of hydrogen-bond donors (Lipinski definition) is 3. The summed E-state index contributed by atoms with van der Waals surface area (Å²) in [7, 11) is 0. The van der Waals surface area contributed by atoms with Crippen LogP contribution in [0.25, 0.3) is 21.9 Å². The van der Waals surface area contributed by atoms with Gasteiger partial charge in [-0.25, -0.2) is 14.4 Å². The van der Waals surface area contributed by atoms with Crippen molar-refractivity contribution in [1.82, 2.24) is 24.6 Å². The van der Waals surface area contributed by atoms with E-state index in [4.69, 9.17) is 4.74 Å². The van der Waals surface area contributed by atoms with Crippen molar-refractivity contribution in [3.05, 3.63) is 53.7 Å². The van der Waals surface area contributed by atoms with Crippen molar-refractivity contribution in [3.8, 4) is 17.0 Å². The van der Waals surface area contributed by atoms with Crippen molar-refractivity contribution in [2.45, 2.75) is 39.5 Å². The number of β-amino-alcohol motifs (C(OH)–C–C–N with tert-alkyl or cyclic N) is 1. The summed E-state index contributed by atoms with van der Waals surface area (Å²) in [6, 6.07) is 6.77. The Morgan fingerprint density at radius 3 is 2.79 bits per heavy atom. The third-order valence-corrected chi connectivity index (χ3v) is 7.05. The number of amides is 1. The first-order chi connectivity index (χ1) is 18.3. The molecule has 0 saturated heterocycles. The van der Waals surface area contributed by atoms with Crippen molar-refractivity contribution in [3.63, 3.8) is 0 Å². The van der Waals surface area contributed by atoms with E-state index in [2.05, 4.69) is 25.7 Å². The summed E-state index contributed by atoms with van der Waals surface area (Å²) in [6.07, 6.45) is 2.38. The monoisotopic (exact) mass is 517 g/mol. The topological polar surface area (TPSA) is 117 Å². The van der Waals surface area contributed by atoms with Gasteiger partial charge in [0.25, 0.3) is 0 Å². The normalized spacial score (nSPS) is 17.1. The minimum absolute atomic E-state index is 0.0126. The van der Waals surface area contributed by atoms with Crippen LogP contribution in [0.3, 0.4) is 0 Å². The third-order valence-electron chi connectivity index (χ3n) is 7.05. The summed E-state index contributed by atoms with van der Waals surface area (Å²) in [4.78, 5) is 23.1. The summed E-state index contributed by atoms with van der Waals surface area (Å²) in [5, 5.41) is 23.1. The fourth-order valence-electron chi connectivity index (χ4n) is 5.05. The van der Waals surface area contributed by atoms with Crippen LogP contribution >= 0.6 is 0 Å². The highest BCUT2D eigenvalue weighted by atomic mass is 19.1. The lowest BCUT2D eigenvalue weighted by atomic mass is 9.98. The molecule has 196 valence electrons. The minimum atomic E-state index is -0.852. The van der Waals surface area contributed by atoms with Gasteiger partial charge >= 0.3 is 0 Å². The highest BCUT2D eigenvalue weighted by molar-refractivity contribution is 5.90. The molecule has 0 radical (unpaired) electrons. The Balaban J connectivity index is 1.31. The molecule has 38 heavy (non-hydrogen) atoms. The van der Waals surface area contributed by atoms with Crippen LogP contribution in [-0.4, -0.2) is 61.4 Å². The van der Waals surface area contributed by atoms with E-state index in [0.29, 0.717) is 52.9 Å². The van der Waals surface area contributed by atoms with Crippen LogP contribution in [0.5, 0.6) is 5.88 Å². The van der Waals surface area contributed by atoms with Gasteiger partial charge in [-0.3, -0.25) is 9.48 Å². The van der Waals surface area contributed by atoms with Crippen molar-refractivity contribution >= 4 is 34.0 Å². The number of nitrogens with zero attached hydrogens (tertiary/aromatic N) is 5. The summed E-state index contributed by atoms with van der Waals surface area (Å²) in [5.74, 6) is 1.02. The molecule has 0 bridgehead atoms. The fourth-order valence-corrected chi connectivity index (χ4v) is 5.05. The number of aromatic nitrogens is 4. The molecule has 6 rings (SSSR count).